The van der Waals surface area contributed by atoms with E-state index < -0.39 is 0 Å². The van der Waals surface area contributed by atoms with Crippen molar-refractivity contribution in [1.29, 1.82) is 0 Å². The number of amides is 1. The molecule has 0 radical (unpaired) electrons. The van der Waals surface area contributed by atoms with Crippen molar-refractivity contribution >= 4 is 5.91 Å². The van der Waals surface area contributed by atoms with Gasteiger partial charge in [0.15, 0.2) is 0 Å². The molecule has 1 amide bonds. The second-order valence-electron chi connectivity index (χ2n) is 6.54. The van der Waals surface area contributed by atoms with E-state index in [1.54, 1.807) is 0 Å². The molecule has 1 atom stereocenters. The highest BCUT2D eigenvalue weighted by atomic mass is 16.2. The molecule has 2 heterocycles. The Morgan fingerprint density at radius 3 is 2.75 bits per heavy atom. The van der Waals surface area contributed by atoms with Gasteiger partial charge in [0.1, 0.15) is 5.82 Å². The SMILES string of the molecule is CC(C)n1ccnc1[C@H]1CCCN(C(=O)C2CCC2)C1. The molecule has 2 fully saturated rings. The fraction of sp³-hybridized carbons (Fsp3) is 0.750. The number of likely N-dealkylation sites (tertiary alicyclic amines) is 1. The highest BCUT2D eigenvalue weighted by Gasteiger charge is 2.33. The number of carbonyl (C=O) groups excluding carboxylic acids is 1. The summed E-state index contributed by atoms with van der Waals surface area (Å²) in [7, 11) is 0. The van der Waals surface area contributed by atoms with Gasteiger partial charge in [-0.3, -0.25) is 4.79 Å². The molecule has 110 valence electrons. The Kier molecular flexibility index (Phi) is 3.81. The van der Waals surface area contributed by atoms with Crippen LogP contribution in [0.4, 0.5) is 0 Å². The van der Waals surface area contributed by atoms with E-state index in [-0.39, 0.29) is 0 Å². The Balaban J connectivity index is 1.71. The predicted octanol–water partition coefficient (Wildman–Crippen LogP) is 2.97. The molecule has 4 nitrogen and oxygen atoms in total. The van der Waals surface area contributed by atoms with Crippen molar-refractivity contribution in [3.8, 4) is 0 Å². The van der Waals surface area contributed by atoms with Crippen molar-refractivity contribution < 1.29 is 4.79 Å². The Labute approximate surface area is 121 Å². The minimum absolute atomic E-state index is 0.318. The number of imidazole rings is 1. The normalized spacial score (nSPS) is 23.9. The van der Waals surface area contributed by atoms with Gasteiger partial charge in [0.25, 0.3) is 0 Å². The van der Waals surface area contributed by atoms with Crippen LogP contribution in [0.1, 0.15) is 63.7 Å². The zero-order valence-electron chi connectivity index (χ0n) is 12.6. The molecule has 1 aliphatic carbocycles. The van der Waals surface area contributed by atoms with E-state index >= 15 is 0 Å². The number of hydrogen-bond donors (Lipinski definition) is 0. The number of aromatic nitrogens is 2. The van der Waals surface area contributed by atoms with Crippen molar-refractivity contribution in [2.45, 2.75) is 57.9 Å². The highest BCUT2D eigenvalue weighted by Crippen LogP contribution is 2.32. The van der Waals surface area contributed by atoms with Crippen molar-refractivity contribution in [2.24, 2.45) is 5.92 Å². The van der Waals surface area contributed by atoms with Crippen LogP contribution in [-0.4, -0.2) is 33.4 Å². The molecule has 1 aromatic rings. The average Bonchev–Trinajstić information content (AvgIpc) is 2.86. The number of rotatable bonds is 3. The van der Waals surface area contributed by atoms with E-state index in [9.17, 15) is 4.79 Å². The maximum absolute atomic E-state index is 12.4. The standard InChI is InChI=1S/C16H25N3O/c1-12(2)19-10-8-17-15(19)14-7-4-9-18(11-14)16(20)13-5-3-6-13/h8,10,12-14H,3-7,9,11H2,1-2H3/t14-/m0/s1. The molecule has 0 N–H and O–H groups in total. The van der Waals surface area contributed by atoms with Gasteiger partial charge in [0.2, 0.25) is 5.91 Å². The summed E-state index contributed by atoms with van der Waals surface area (Å²) in [5, 5.41) is 0. The molecular weight excluding hydrogens is 250 g/mol. The van der Waals surface area contributed by atoms with Crippen molar-refractivity contribution in [2.75, 3.05) is 13.1 Å². The summed E-state index contributed by atoms with van der Waals surface area (Å²) in [5.41, 5.74) is 0. The number of nitrogens with zero attached hydrogens (tertiary/aromatic N) is 3. The van der Waals surface area contributed by atoms with Gasteiger partial charge in [-0.2, -0.15) is 0 Å². The smallest absolute Gasteiger partial charge is 0.225 e. The molecule has 0 bridgehead atoms. The van der Waals surface area contributed by atoms with Gasteiger partial charge in [-0.1, -0.05) is 6.42 Å². The Morgan fingerprint density at radius 2 is 2.10 bits per heavy atom. The summed E-state index contributed by atoms with van der Waals surface area (Å²) in [6.45, 7) is 6.17. The summed E-state index contributed by atoms with van der Waals surface area (Å²) in [6.07, 6.45) is 9.63. The maximum Gasteiger partial charge on any atom is 0.225 e. The third-order valence-electron chi connectivity index (χ3n) is 4.81. The first-order chi connectivity index (χ1) is 9.66. The van der Waals surface area contributed by atoms with Gasteiger partial charge in [-0.15, -0.1) is 0 Å². The summed E-state index contributed by atoms with van der Waals surface area (Å²) in [4.78, 5) is 19.1. The van der Waals surface area contributed by atoms with Crippen LogP contribution >= 0.6 is 0 Å². The fourth-order valence-electron chi connectivity index (χ4n) is 3.38. The molecule has 0 spiro atoms. The lowest BCUT2D eigenvalue weighted by Gasteiger charge is -2.37. The molecule has 1 saturated heterocycles. The second-order valence-corrected chi connectivity index (χ2v) is 6.54. The third kappa shape index (κ3) is 2.48. The van der Waals surface area contributed by atoms with Crippen molar-refractivity contribution in [1.82, 2.24) is 14.5 Å². The minimum atomic E-state index is 0.318. The molecule has 4 heteroatoms. The lowest BCUT2D eigenvalue weighted by molar-refractivity contribution is -0.139. The Morgan fingerprint density at radius 1 is 1.30 bits per heavy atom. The zero-order chi connectivity index (χ0) is 14.1. The summed E-state index contributed by atoms with van der Waals surface area (Å²) >= 11 is 0. The first-order valence-electron chi connectivity index (χ1n) is 7.98. The predicted molar refractivity (Wildman–Crippen MR) is 78.5 cm³/mol. The molecule has 0 aromatic carbocycles. The van der Waals surface area contributed by atoms with Gasteiger partial charge in [-0.25, -0.2) is 4.98 Å². The molecule has 1 saturated carbocycles. The van der Waals surface area contributed by atoms with Gasteiger partial charge in [0.05, 0.1) is 0 Å². The molecule has 1 aliphatic heterocycles. The molecule has 0 unspecified atom stereocenters. The summed E-state index contributed by atoms with van der Waals surface area (Å²) in [5.74, 6) is 2.28. The first kappa shape index (κ1) is 13.7. The lowest BCUT2D eigenvalue weighted by atomic mass is 9.83. The van der Waals surface area contributed by atoms with Crippen LogP contribution < -0.4 is 0 Å². The van der Waals surface area contributed by atoms with Crippen LogP contribution in [0.15, 0.2) is 12.4 Å². The van der Waals surface area contributed by atoms with Gasteiger partial charge in [0, 0.05) is 43.4 Å². The van der Waals surface area contributed by atoms with Gasteiger partial charge in [-0.05, 0) is 39.5 Å². The largest absolute Gasteiger partial charge is 0.342 e. The van der Waals surface area contributed by atoms with E-state index in [1.165, 1.54) is 6.42 Å². The van der Waals surface area contributed by atoms with Crippen LogP contribution in [-0.2, 0) is 4.79 Å². The summed E-state index contributed by atoms with van der Waals surface area (Å²) in [6, 6.07) is 0.435. The topological polar surface area (TPSA) is 38.1 Å². The first-order valence-corrected chi connectivity index (χ1v) is 7.98. The number of carbonyl (C=O) groups is 1. The van der Waals surface area contributed by atoms with Crippen molar-refractivity contribution in [3.63, 3.8) is 0 Å². The van der Waals surface area contributed by atoms with Crippen LogP contribution in [0.3, 0.4) is 0 Å². The van der Waals surface area contributed by atoms with Crippen LogP contribution in [0.2, 0.25) is 0 Å². The number of hydrogen-bond acceptors (Lipinski definition) is 2. The Hall–Kier alpha value is -1.32. The quantitative estimate of drug-likeness (QED) is 0.850. The van der Waals surface area contributed by atoms with E-state index in [0.29, 0.717) is 23.8 Å². The molecule has 3 rings (SSSR count). The Bertz CT molecular complexity index is 476. The molecule has 2 aliphatic rings. The molecule has 1 aromatic heterocycles. The lowest BCUT2D eigenvalue weighted by Crippen LogP contribution is -2.44. The van der Waals surface area contributed by atoms with Crippen LogP contribution in [0.25, 0.3) is 0 Å². The third-order valence-corrected chi connectivity index (χ3v) is 4.81. The van der Waals surface area contributed by atoms with Crippen molar-refractivity contribution in [3.05, 3.63) is 18.2 Å². The van der Waals surface area contributed by atoms with E-state index in [2.05, 4.69) is 34.5 Å². The van der Waals surface area contributed by atoms with E-state index in [1.807, 2.05) is 6.20 Å². The van der Waals surface area contributed by atoms with Gasteiger partial charge < -0.3 is 9.47 Å². The van der Waals surface area contributed by atoms with E-state index in [4.69, 9.17) is 0 Å². The maximum atomic E-state index is 12.4. The number of piperidine rings is 1. The van der Waals surface area contributed by atoms with E-state index in [0.717, 1.165) is 44.6 Å². The molecular formula is C16H25N3O. The highest BCUT2D eigenvalue weighted by molar-refractivity contribution is 5.79. The molecule has 20 heavy (non-hydrogen) atoms. The van der Waals surface area contributed by atoms with Crippen LogP contribution in [0, 0.1) is 5.92 Å². The van der Waals surface area contributed by atoms with Crippen LogP contribution in [0.5, 0.6) is 0 Å². The zero-order valence-corrected chi connectivity index (χ0v) is 12.6. The fourth-order valence-corrected chi connectivity index (χ4v) is 3.38. The van der Waals surface area contributed by atoms with Gasteiger partial charge >= 0.3 is 0 Å². The summed E-state index contributed by atoms with van der Waals surface area (Å²) < 4.78 is 2.25. The average molecular weight is 275 g/mol. The second kappa shape index (κ2) is 5.58. The monoisotopic (exact) mass is 275 g/mol. The minimum Gasteiger partial charge on any atom is -0.342 e.